The standard InChI is InChI=1S/C18H17F2N3O2/c1-4-23(15-10-21-12-7-5-6-8-13(12)22-15)14-9-11(19)17(24-2)18(25-3)16(14)20/h5-10H,4H2,1-3H3. The summed E-state index contributed by atoms with van der Waals surface area (Å²) in [5.74, 6) is -1.60. The van der Waals surface area contributed by atoms with E-state index in [1.807, 2.05) is 31.2 Å². The van der Waals surface area contributed by atoms with Crippen LogP contribution in [0.1, 0.15) is 6.92 Å². The predicted octanol–water partition coefficient (Wildman–Crippen LogP) is 4.08. The van der Waals surface area contributed by atoms with Crippen molar-refractivity contribution in [2.24, 2.45) is 0 Å². The third kappa shape index (κ3) is 2.93. The number of benzene rings is 2. The molecule has 0 atom stereocenters. The molecule has 3 aromatic rings. The second kappa shape index (κ2) is 6.88. The number of ether oxygens (including phenoxy) is 2. The summed E-state index contributed by atoms with van der Waals surface area (Å²) < 4.78 is 39.1. The van der Waals surface area contributed by atoms with Crippen molar-refractivity contribution in [2.75, 3.05) is 25.7 Å². The second-order valence-corrected chi connectivity index (χ2v) is 5.22. The number of hydrogen-bond donors (Lipinski definition) is 0. The zero-order valence-electron chi connectivity index (χ0n) is 14.1. The van der Waals surface area contributed by atoms with E-state index in [0.29, 0.717) is 17.9 Å². The first-order chi connectivity index (χ1) is 12.1. The van der Waals surface area contributed by atoms with Crippen LogP contribution in [0.15, 0.2) is 36.5 Å². The van der Waals surface area contributed by atoms with Gasteiger partial charge in [-0.1, -0.05) is 12.1 Å². The first-order valence-corrected chi connectivity index (χ1v) is 7.70. The monoisotopic (exact) mass is 345 g/mol. The van der Waals surface area contributed by atoms with Crippen molar-refractivity contribution < 1.29 is 18.3 Å². The van der Waals surface area contributed by atoms with Gasteiger partial charge < -0.3 is 14.4 Å². The van der Waals surface area contributed by atoms with Crippen molar-refractivity contribution in [3.63, 3.8) is 0 Å². The molecule has 2 aromatic carbocycles. The maximum Gasteiger partial charge on any atom is 0.202 e. The number of methoxy groups -OCH3 is 2. The Morgan fingerprint density at radius 2 is 1.72 bits per heavy atom. The lowest BCUT2D eigenvalue weighted by Crippen LogP contribution is -2.20. The predicted molar refractivity (Wildman–Crippen MR) is 91.7 cm³/mol. The van der Waals surface area contributed by atoms with Crippen LogP contribution in [0.3, 0.4) is 0 Å². The van der Waals surface area contributed by atoms with E-state index in [9.17, 15) is 8.78 Å². The summed E-state index contributed by atoms with van der Waals surface area (Å²) in [5, 5.41) is 0. The smallest absolute Gasteiger partial charge is 0.202 e. The molecule has 0 bridgehead atoms. The summed E-state index contributed by atoms with van der Waals surface area (Å²) in [4.78, 5) is 10.3. The van der Waals surface area contributed by atoms with E-state index in [2.05, 4.69) is 9.97 Å². The van der Waals surface area contributed by atoms with Gasteiger partial charge in [-0.3, -0.25) is 4.98 Å². The van der Waals surface area contributed by atoms with Crippen LogP contribution in [0.25, 0.3) is 11.0 Å². The van der Waals surface area contributed by atoms with Gasteiger partial charge in [-0.25, -0.2) is 13.8 Å². The zero-order valence-corrected chi connectivity index (χ0v) is 14.1. The van der Waals surface area contributed by atoms with Crippen molar-refractivity contribution in [1.29, 1.82) is 0 Å². The minimum absolute atomic E-state index is 0.00207. The number of nitrogens with zero attached hydrogens (tertiary/aromatic N) is 3. The zero-order chi connectivity index (χ0) is 18.0. The SMILES string of the molecule is CCN(c1cnc2ccccc2n1)c1cc(F)c(OC)c(OC)c1F. The molecule has 130 valence electrons. The number of aromatic nitrogens is 2. The molecule has 0 amide bonds. The van der Waals surface area contributed by atoms with Crippen molar-refractivity contribution in [1.82, 2.24) is 9.97 Å². The highest BCUT2D eigenvalue weighted by atomic mass is 19.1. The average Bonchev–Trinajstić information content (AvgIpc) is 2.64. The van der Waals surface area contributed by atoms with Crippen molar-refractivity contribution in [3.05, 3.63) is 48.2 Å². The molecule has 0 N–H and O–H groups in total. The van der Waals surface area contributed by atoms with Gasteiger partial charge in [0.2, 0.25) is 5.75 Å². The van der Waals surface area contributed by atoms with Crippen molar-refractivity contribution >= 4 is 22.5 Å². The molecular weight excluding hydrogens is 328 g/mol. The van der Waals surface area contributed by atoms with Crippen LogP contribution >= 0.6 is 0 Å². The molecule has 0 saturated carbocycles. The number of para-hydroxylation sites is 2. The van der Waals surface area contributed by atoms with Crippen LogP contribution < -0.4 is 14.4 Å². The lowest BCUT2D eigenvalue weighted by Gasteiger charge is -2.24. The van der Waals surface area contributed by atoms with E-state index < -0.39 is 11.6 Å². The van der Waals surface area contributed by atoms with Crippen LogP contribution in [0, 0.1) is 11.6 Å². The quantitative estimate of drug-likeness (QED) is 0.697. The third-order valence-corrected chi connectivity index (χ3v) is 3.84. The van der Waals surface area contributed by atoms with E-state index in [-0.39, 0.29) is 17.2 Å². The van der Waals surface area contributed by atoms with E-state index in [0.717, 1.165) is 11.6 Å². The normalized spacial score (nSPS) is 10.8. The van der Waals surface area contributed by atoms with Gasteiger partial charge in [0, 0.05) is 12.6 Å². The Labute approximate surface area is 143 Å². The molecule has 5 nitrogen and oxygen atoms in total. The van der Waals surface area contributed by atoms with Crippen molar-refractivity contribution in [3.8, 4) is 11.5 Å². The van der Waals surface area contributed by atoms with Crippen LogP contribution in [0.5, 0.6) is 11.5 Å². The molecule has 0 aliphatic rings. The molecule has 0 fully saturated rings. The van der Waals surface area contributed by atoms with Crippen LogP contribution in [0.4, 0.5) is 20.3 Å². The minimum Gasteiger partial charge on any atom is -0.490 e. The highest BCUT2D eigenvalue weighted by Gasteiger charge is 2.24. The number of hydrogen-bond acceptors (Lipinski definition) is 5. The van der Waals surface area contributed by atoms with E-state index in [1.165, 1.54) is 25.3 Å². The summed E-state index contributed by atoms with van der Waals surface area (Å²) in [7, 11) is 2.52. The second-order valence-electron chi connectivity index (χ2n) is 5.22. The van der Waals surface area contributed by atoms with Crippen LogP contribution in [-0.2, 0) is 0 Å². The van der Waals surface area contributed by atoms with Gasteiger partial charge in [0.05, 0.1) is 37.1 Å². The number of halogens is 2. The van der Waals surface area contributed by atoms with E-state index in [4.69, 9.17) is 9.47 Å². The fourth-order valence-corrected chi connectivity index (χ4v) is 2.68. The molecule has 0 aliphatic carbocycles. The molecule has 0 radical (unpaired) electrons. The fourth-order valence-electron chi connectivity index (χ4n) is 2.68. The van der Waals surface area contributed by atoms with Gasteiger partial charge in [0.15, 0.2) is 23.2 Å². The molecule has 0 aliphatic heterocycles. The van der Waals surface area contributed by atoms with Gasteiger partial charge in [-0.15, -0.1) is 0 Å². The largest absolute Gasteiger partial charge is 0.490 e. The molecule has 25 heavy (non-hydrogen) atoms. The topological polar surface area (TPSA) is 47.5 Å². The lowest BCUT2D eigenvalue weighted by molar-refractivity contribution is 0.322. The summed E-state index contributed by atoms with van der Waals surface area (Å²) >= 11 is 0. The van der Waals surface area contributed by atoms with Crippen LogP contribution in [0.2, 0.25) is 0 Å². The highest BCUT2D eigenvalue weighted by molar-refractivity contribution is 5.77. The number of fused-ring (bicyclic) bond motifs is 1. The molecule has 0 saturated heterocycles. The van der Waals surface area contributed by atoms with Gasteiger partial charge in [-0.2, -0.15) is 0 Å². The first kappa shape index (κ1) is 16.9. The Hall–Kier alpha value is -2.96. The summed E-state index contributed by atoms with van der Waals surface area (Å²) in [6.07, 6.45) is 1.53. The summed E-state index contributed by atoms with van der Waals surface area (Å²) in [5.41, 5.74) is 1.39. The number of anilines is 2. The maximum atomic E-state index is 14.9. The Balaban J connectivity index is 2.16. The molecule has 7 heteroatoms. The third-order valence-electron chi connectivity index (χ3n) is 3.84. The van der Waals surface area contributed by atoms with Gasteiger partial charge in [0.25, 0.3) is 0 Å². The van der Waals surface area contributed by atoms with E-state index >= 15 is 0 Å². The molecular formula is C18H17F2N3O2. The van der Waals surface area contributed by atoms with Gasteiger partial charge in [0.1, 0.15) is 0 Å². The molecule has 1 aromatic heterocycles. The molecule has 0 unspecified atom stereocenters. The molecule has 0 spiro atoms. The first-order valence-electron chi connectivity index (χ1n) is 7.70. The van der Waals surface area contributed by atoms with E-state index in [1.54, 1.807) is 0 Å². The lowest BCUT2D eigenvalue weighted by atomic mass is 10.2. The highest BCUT2D eigenvalue weighted by Crippen LogP contribution is 2.40. The summed E-state index contributed by atoms with van der Waals surface area (Å²) in [6, 6.07) is 8.41. The van der Waals surface area contributed by atoms with Gasteiger partial charge >= 0.3 is 0 Å². The number of rotatable bonds is 5. The van der Waals surface area contributed by atoms with Crippen LogP contribution in [-0.4, -0.2) is 30.7 Å². The Bertz CT molecular complexity index is 918. The molecule has 3 rings (SSSR count). The Morgan fingerprint density at radius 1 is 1.04 bits per heavy atom. The summed E-state index contributed by atoms with van der Waals surface area (Å²) in [6.45, 7) is 2.17. The fraction of sp³-hybridized carbons (Fsp3) is 0.222. The van der Waals surface area contributed by atoms with Crippen molar-refractivity contribution in [2.45, 2.75) is 6.92 Å². The minimum atomic E-state index is -0.724. The average molecular weight is 345 g/mol. The van der Waals surface area contributed by atoms with Gasteiger partial charge in [-0.05, 0) is 19.1 Å². The maximum absolute atomic E-state index is 14.9. The molecule has 1 heterocycles. The Morgan fingerprint density at radius 3 is 2.36 bits per heavy atom. The Kier molecular flexibility index (Phi) is 4.65.